The molecule has 1 heterocycles. The Morgan fingerprint density at radius 3 is 3.08 bits per heavy atom. The lowest BCUT2D eigenvalue weighted by molar-refractivity contribution is -0.117. The lowest BCUT2D eigenvalue weighted by Crippen LogP contribution is -2.44. The second-order valence-electron chi connectivity index (χ2n) is 2.35. The molecule has 0 aromatic rings. The summed E-state index contributed by atoms with van der Waals surface area (Å²) in [6, 6.07) is 0. The summed E-state index contributed by atoms with van der Waals surface area (Å²) >= 11 is 1.33. The molecule has 1 unspecified atom stereocenters. The van der Waals surface area contributed by atoms with E-state index in [-0.39, 0.29) is 11.2 Å². The maximum atomic E-state index is 10.7. The molecular weight excluding hydrogens is 176 g/mol. The van der Waals surface area contributed by atoms with Crippen molar-refractivity contribution < 1.29 is 4.79 Å². The standard InChI is InChI=1S/C6H12N4OS/c1-5(6(7)11)12-10-4-2-3-8-9-10/h2,4-5,8-9H,3H2,1H3,(H2,7,11). The van der Waals surface area contributed by atoms with Crippen molar-refractivity contribution in [1.29, 1.82) is 0 Å². The van der Waals surface area contributed by atoms with Crippen LogP contribution in [0.2, 0.25) is 0 Å². The molecule has 0 aliphatic carbocycles. The predicted molar refractivity (Wildman–Crippen MR) is 48.4 cm³/mol. The van der Waals surface area contributed by atoms with Gasteiger partial charge >= 0.3 is 0 Å². The number of nitrogens with two attached hydrogens (primary N) is 1. The van der Waals surface area contributed by atoms with Crippen LogP contribution in [0.1, 0.15) is 6.92 Å². The van der Waals surface area contributed by atoms with Crippen molar-refractivity contribution >= 4 is 17.9 Å². The van der Waals surface area contributed by atoms with Crippen molar-refractivity contribution in [2.45, 2.75) is 12.2 Å². The zero-order valence-corrected chi connectivity index (χ0v) is 7.60. The number of hydrogen-bond acceptors (Lipinski definition) is 5. The van der Waals surface area contributed by atoms with Gasteiger partial charge in [0.1, 0.15) is 5.25 Å². The quantitative estimate of drug-likeness (QED) is 0.513. The lowest BCUT2D eigenvalue weighted by atomic mass is 10.5. The van der Waals surface area contributed by atoms with Crippen molar-refractivity contribution in [3.63, 3.8) is 0 Å². The number of hydrazine groups is 2. The number of primary amides is 1. The topological polar surface area (TPSA) is 70.4 Å². The van der Waals surface area contributed by atoms with Crippen LogP contribution < -0.4 is 16.7 Å². The van der Waals surface area contributed by atoms with Gasteiger partial charge in [0.15, 0.2) is 0 Å². The fraction of sp³-hybridized carbons (Fsp3) is 0.500. The van der Waals surface area contributed by atoms with Gasteiger partial charge in [0, 0.05) is 12.7 Å². The molecule has 1 aliphatic heterocycles. The van der Waals surface area contributed by atoms with E-state index >= 15 is 0 Å². The minimum absolute atomic E-state index is 0.234. The van der Waals surface area contributed by atoms with E-state index in [9.17, 15) is 4.79 Å². The van der Waals surface area contributed by atoms with Crippen LogP contribution in [0, 0.1) is 0 Å². The summed E-state index contributed by atoms with van der Waals surface area (Å²) in [5.74, 6) is -0.319. The molecule has 4 N–H and O–H groups in total. The van der Waals surface area contributed by atoms with Crippen molar-refractivity contribution in [1.82, 2.24) is 15.4 Å². The number of carbonyl (C=O) groups is 1. The first-order chi connectivity index (χ1) is 5.70. The van der Waals surface area contributed by atoms with E-state index in [2.05, 4.69) is 11.0 Å². The minimum Gasteiger partial charge on any atom is -0.369 e. The van der Waals surface area contributed by atoms with Crippen LogP contribution in [0.15, 0.2) is 12.3 Å². The molecule has 6 heteroatoms. The normalized spacial score (nSPS) is 19.2. The van der Waals surface area contributed by atoms with Crippen molar-refractivity contribution in [3.05, 3.63) is 12.3 Å². The zero-order valence-electron chi connectivity index (χ0n) is 6.78. The highest BCUT2D eigenvalue weighted by Gasteiger charge is 2.13. The maximum absolute atomic E-state index is 10.7. The van der Waals surface area contributed by atoms with Crippen LogP contribution in [-0.2, 0) is 4.79 Å². The molecule has 12 heavy (non-hydrogen) atoms. The molecule has 68 valence electrons. The van der Waals surface area contributed by atoms with Gasteiger partial charge in [-0.05, 0) is 18.9 Å². The molecule has 0 fully saturated rings. The lowest BCUT2D eigenvalue weighted by Gasteiger charge is -2.24. The van der Waals surface area contributed by atoms with Crippen molar-refractivity contribution in [2.24, 2.45) is 5.73 Å². The molecular formula is C6H12N4OS. The van der Waals surface area contributed by atoms with Gasteiger partial charge in [0.05, 0.1) is 0 Å². The highest BCUT2D eigenvalue weighted by molar-refractivity contribution is 7.98. The van der Waals surface area contributed by atoms with Crippen molar-refractivity contribution in [2.75, 3.05) is 6.54 Å². The molecule has 0 saturated heterocycles. The number of amides is 1. The molecule has 0 aromatic heterocycles. The summed E-state index contributed by atoms with van der Waals surface area (Å²) in [5.41, 5.74) is 10.8. The summed E-state index contributed by atoms with van der Waals surface area (Å²) in [6.45, 7) is 2.54. The second kappa shape index (κ2) is 4.34. The van der Waals surface area contributed by atoms with Crippen LogP contribution in [0.5, 0.6) is 0 Å². The maximum Gasteiger partial charge on any atom is 0.232 e. The molecule has 1 amide bonds. The van der Waals surface area contributed by atoms with Gasteiger partial charge in [-0.15, -0.1) is 0 Å². The second-order valence-corrected chi connectivity index (χ2v) is 3.66. The van der Waals surface area contributed by atoms with Gasteiger partial charge < -0.3 is 5.73 Å². The summed E-state index contributed by atoms with van der Waals surface area (Å²) in [4.78, 5) is 10.7. The van der Waals surface area contributed by atoms with Crippen LogP contribution in [0.4, 0.5) is 0 Å². The van der Waals surface area contributed by atoms with Crippen LogP contribution >= 0.6 is 11.9 Å². The van der Waals surface area contributed by atoms with Crippen molar-refractivity contribution in [3.8, 4) is 0 Å². The zero-order chi connectivity index (χ0) is 8.97. The van der Waals surface area contributed by atoms with E-state index in [0.717, 1.165) is 6.54 Å². The third kappa shape index (κ3) is 2.72. The SMILES string of the molecule is CC(SN1C=CCNN1)C(N)=O. The van der Waals surface area contributed by atoms with E-state index in [1.807, 2.05) is 12.3 Å². The Kier molecular flexibility index (Phi) is 3.39. The average Bonchev–Trinajstić information content (AvgIpc) is 2.06. The largest absolute Gasteiger partial charge is 0.369 e. The smallest absolute Gasteiger partial charge is 0.232 e. The Morgan fingerprint density at radius 2 is 2.58 bits per heavy atom. The Bertz CT molecular complexity index is 196. The molecule has 5 nitrogen and oxygen atoms in total. The molecule has 0 radical (unpaired) electrons. The molecule has 1 atom stereocenters. The minimum atomic E-state index is -0.319. The average molecular weight is 188 g/mol. The van der Waals surface area contributed by atoms with E-state index < -0.39 is 0 Å². The van der Waals surface area contributed by atoms with Crippen LogP contribution in [-0.4, -0.2) is 22.1 Å². The third-order valence-corrected chi connectivity index (χ3v) is 2.31. The fourth-order valence-corrected chi connectivity index (χ4v) is 1.37. The Morgan fingerprint density at radius 1 is 1.83 bits per heavy atom. The van der Waals surface area contributed by atoms with Gasteiger partial charge in [0.25, 0.3) is 0 Å². The molecule has 0 bridgehead atoms. The molecule has 1 aliphatic rings. The number of carbonyl (C=O) groups excluding carboxylic acids is 1. The van der Waals surface area contributed by atoms with Gasteiger partial charge in [0.2, 0.25) is 5.91 Å². The van der Waals surface area contributed by atoms with Gasteiger partial charge in [-0.1, -0.05) is 6.08 Å². The third-order valence-electron chi connectivity index (χ3n) is 1.32. The molecule has 0 aromatic carbocycles. The van der Waals surface area contributed by atoms with Gasteiger partial charge in [-0.2, -0.15) is 5.53 Å². The number of nitrogens with zero attached hydrogens (tertiary/aromatic N) is 1. The Hall–Kier alpha value is -0.720. The Labute approximate surface area is 75.4 Å². The van der Waals surface area contributed by atoms with E-state index in [4.69, 9.17) is 5.73 Å². The summed E-state index contributed by atoms with van der Waals surface area (Å²) in [7, 11) is 0. The van der Waals surface area contributed by atoms with E-state index in [0.29, 0.717) is 0 Å². The van der Waals surface area contributed by atoms with Gasteiger partial charge in [-0.25, -0.2) is 9.84 Å². The first kappa shape index (κ1) is 9.37. The fourth-order valence-electron chi connectivity index (χ4n) is 0.652. The highest BCUT2D eigenvalue weighted by atomic mass is 32.2. The Balaban J connectivity index is 2.34. The van der Waals surface area contributed by atoms with E-state index in [1.54, 1.807) is 11.3 Å². The first-order valence-electron chi connectivity index (χ1n) is 3.60. The summed E-state index contributed by atoms with van der Waals surface area (Å²) in [5, 5.41) is -0.234. The van der Waals surface area contributed by atoms with Crippen LogP contribution in [0.25, 0.3) is 0 Å². The molecule has 0 spiro atoms. The first-order valence-corrected chi connectivity index (χ1v) is 4.44. The summed E-state index contributed by atoms with van der Waals surface area (Å²) < 4.78 is 1.71. The number of nitrogens with one attached hydrogen (secondary N) is 2. The number of rotatable bonds is 3. The highest BCUT2D eigenvalue weighted by Crippen LogP contribution is 2.14. The predicted octanol–water partition coefficient (Wildman–Crippen LogP) is -0.653. The van der Waals surface area contributed by atoms with Crippen LogP contribution in [0.3, 0.4) is 0 Å². The van der Waals surface area contributed by atoms with Gasteiger partial charge in [-0.3, -0.25) is 4.79 Å². The molecule has 0 saturated carbocycles. The van der Waals surface area contributed by atoms with E-state index in [1.165, 1.54) is 11.9 Å². The number of hydrogen-bond donors (Lipinski definition) is 3. The summed E-state index contributed by atoms with van der Waals surface area (Å²) in [6.07, 6.45) is 3.79. The molecule has 1 rings (SSSR count). The monoisotopic (exact) mass is 188 g/mol.